The zero-order valence-corrected chi connectivity index (χ0v) is 20.0. The number of anilines is 1. The summed E-state index contributed by atoms with van der Waals surface area (Å²) in [7, 11) is 3.11. The van der Waals surface area contributed by atoms with Crippen molar-refractivity contribution in [3.05, 3.63) is 53.3 Å². The van der Waals surface area contributed by atoms with Crippen LogP contribution in [0.5, 0.6) is 11.5 Å². The number of nitrogens with one attached hydrogen (secondary N) is 1. The minimum Gasteiger partial charge on any atom is -0.444 e. The van der Waals surface area contributed by atoms with Gasteiger partial charge in [0, 0.05) is 31.3 Å². The second-order valence-electron chi connectivity index (χ2n) is 9.04. The van der Waals surface area contributed by atoms with E-state index >= 15 is 4.39 Å². The molecule has 0 unspecified atom stereocenters. The molecule has 3 rings (SSSR count). The summed E-state index contributed by atoms with van der Waals surface area (Å²) in [6.45, 7) is 6.80. The van der Waals surface area contributed by atoms with Crippen molar-refractivity contribution in [3.63, 3.8) is 0 Å². The Bertz CT molecular complexity index is 1110. The molecule has 1 N–H and O–H groups in total. The predicted molar refractivity (Wildman–Crippen MR) is 122 cm³/mol. The van der Waals surface area contributed by atoms with Crippen LogP contribution < -0.4 is 14.8 Å². The van der Waals surface area contributed by atoms with Crippen LogP contribution >= 0.6 is 0 Å². The van der Waals surface area contributed by atoms with Crippen molar-refractivity contribution in [2.24, 2.45) is 0 Å². The van der Waals surface area contributed by atoms with Crippen molar-refractivity contribution in [1.29, 1.82) is 0 Å². The number of hydrogen-bond acceptors (Lipinski definition) is 6. The second kappa shape index (κ2) is 9.58. The first-order chi connectivity index (χ1) is 15.9. The smallest absolute Gasteiger partial charge is 0.416 e. The van der Waals surface area contributed by atoms with E-state index in [0.29, 0.717) is 5.56 Å². The van der Waals surface area contributed by atoms with Crippen LogP contribution in [0.25, 0.3) is 0 Å². The highest BCUT2D eigenvalue weighted by Crippen LogP contribution is 2.38. The molecule has 0 aliphatic carbocycles. The Morgan fingerprint density at radius 2 is 1.91 bits per heavy atom. The fourth-order valence-electron chi connectivity index (χ4n) is 3.28. The van der Waals surface area contributed by atoms with E-state index in [2.05, 4.69) is 5.32 Å². The minimum atomic E-state index is -0.783. The van der Waals surface area contributed by atoms with Crippen LogP contribution in [0.1, 0.15) is 44.9 Å². The van der Waals surface area contributed by atoms with Crippen molar-refractivity contribution in [2.75, 3.05) is 19.4 Å². The van der Waals surface area contributed by atoms with Crippen molar-refractivity contribution >= 4 is 24.0 Å². The van der Waals surface area contributed by atoms with E-state index in [0.717, 1.165) is 0 Å². The Balaban J connectivity index is 1.78. The maximum atomic E-state index is 15.1. The molecule has 2 aromatic carbocycles. The molecule has 1 aliphatic heterocycles. The fraction of sp³-hybridized carbons (Fsp3) is 0.375. The van der Waals surface area contributed by atoms with Gasteiger partial charge >= 0.3 is 18.3 Å². The van der Waals surface area contributed by atoms with Crippen LogP contribution in [0.3, 0.4) is 0 Å². The molecule has 0 saturated heterocycles. The van der Waals surface area contributed by atoms with Crippen LogP contribution in [0.4, 0.5) is 24.5 Å². The maximum absolute atomic E-state index is 15.1. The van der Waals surface area contributed by atoms with E-state index in [1.54, 1.807) is 60.0 Å². The topological polar surface area (TPSA) is 97.4 Å². The Hall–Kier alpha value is -3.82. The minimum absolute atomic E-state index is 0.0578. The molecule has 1 aliphatic rings. The van der Waals surface area contributed by atoms with E-state index in [1.165, 1.54) is 28.0 Å². The summed E-state index contributed by atoms with van der Waals surface area (Å²) in [6, 6.07) is 8.81. The van der Waals surface area contributed by atoms with Crippen molar-refractivity contribution in [3.8, 4) is 11.5 Å². The van der Waals surface area contributed by atoms with Crippen LogP contribution in [0.2, 0.25) is 0 Å². The molecule has 0 bridgehead atoms. The number of carbonyl (C=O) groups is 3. The maximum Gasteiger partial charge on any atom is 0.416 e. The first-order valence-corrected chi connectivity index (χ1v) is 10.6. The normalized spacial score (nSPS) is 15.2. The lowest BCUT2D eigenvalue weighted by Gasteiger charge is -2.34. The summed E-state index contributed by atoms with van der Waals surface area (Å²) >= 11 is 0. The molecule has 10 heteroatoms. The van der Waals surface area contributed by atoms with E-state index in [1.807, 2.05) is 0 Å². The first kappa shape index (κ1) is 24.8. The molecule has 1 atom stereocenters. The van der Waals surface area contributed by atoms with Gasteiger partial charge in [-0.1, -0.05) is 12.1 Å². The number of halogens is 1. The van der Waals surface area contributed by atoms with Crippen molar-refractivity contribution < 1.29 is 33.0 Å². The lowest BCUT2D eigenvalue weighted by Crippen LogP contribution is -2.39. The van der Waals surface area contributed by atoms with Gasteiger partial charge in [0.15, 0.2) is 5.82 Å². The number of ether oxygens (including phenoxy) is 3. The predicted octanol–water partition coefficient (Wildman–Crippen LogP) is 5.31. The average Bonchev–Trinajstić information content (AvgIpc) is 2.72. The lowest BCUT2D eigenvalue weighted by molar-refractivity contribution is 0.0634. The SMILES string of the molecule is C[C@@H]1c2ccc(OC(=O)N(C)C)cc2OC(=O)N1Cc1cccc(NC(=O)OC(C)(C)C)c1F. The standard InChI is InChI=1S/C24H28FN3O6/c1-14-17-11-10-16(32-22(30)27(5)6)12-19(17)33-23(31)28(14)13-15-8-7-9-18(20(15)25)26-21(29)34-24(2,3)4/h7-12,14H,13H2,1-6H3,(H,26,29)/t14-/m1/s1. The Morgan fingerprint density at radius 3 is 2.56 bits per heavy atom. The lowest BCUT2D eigenvalue weighted by atomic mass is 10.0. The quantitative estimate of drug-likeness (QED) is 0.646. The van der Waals surface area contributed by atoms with Gasteiger partial charge in [-0.15, -0.1) is 0 Å². The summed E-state index contributed by atoms with van der Waals surface area (Å²) in [6.07, 6.45) is -2.03. The van der Waals surface area contributed by atoms with Gasteiger partial charge in [-0.05, 0) is 45.9 Å². The third kappa shape index (κ3) is 5.75. The van der Waals surface area contributed by atoms with Gasteiger partial charge in [0.25, 0.3) is 0 Å². The van der Waals surface area contributed by atoms with Crippen LogP contribution in [-0.4, -0.2) is 47.8 Å². The summed E-state index contributed by atoms with van der Waals surface area (Å²) in [5, 5.41) is 2.40. The number of nitrogens with zero attached hydrogens (tertiary/aromatic N) is 2. The van der Waals surface area contributed by atoms with Crippen molar-refractivity contribution in [1.82, 2.24) is 9.80 Å². The highest BCUT2D eigenvalue weighted by Gasteiger charge is 2.33. The number of amides is 3. The number of rotatable bonds is 4. The number of fused-ring (bicyclic) bond motifs is 1. The summed E-state index contributed by atoms with van der Waals surface area (Å²) < 4.78 is 30.9. The van der Waals surface area contributed by atoms with Crippen molar-refractivity contribution in [2.45, 2.75) is 45.9 Å². The Labute approximate surface area is 197 Å². The molecule has 3 amide bonds. The number of carbonyl (C=O) groups excluding carboxylic acids is 3. The summed E-state index contributed by atoms with van der Waals surface area (Å²) in [5.41, 5.74) is 0.0750. The first-order valence-electron chi connectivity index (χ1n) is 10.6. The number of hydrogen-bond donors (Lipinski definition) is 1. The van der Waals surface area contributed by atoms with Gasteiger partial charge in [0.05, 0.1) is 18.3 Å². The van der Waals surface area contributed by atoms with Gasteiger partial charge in [-0.2, -0.15) is 0 Å². The molecular weight excluding hydrogens is 445 g/mol. The van der Waals surface area contributed by atoms with Crippen LogP contribution in [0.15, 0.2) is 36.4 Å². The molecule has 0 aromatic heterocycles. The third-order valence-electron chi connectivity index (χ3n) is 4.96. The average molecular weight is 474 g/mol. The largest absolute Gasteiger partial charge is 0.444 e. The molecule has 0 saturated carbocycles. The Morgan fingerprint density at radius 1 is 1.21 bits per heavy atom. The summed E-state index contributed by atoms with van der Waals surface area (Å²) in [4.78, 5) is 39.2. The second-order valence-corrected chi connectivity index (χ2v) is 9.04. The van der Waals surface area contributed by atoms with E-state index < -0.39 is 35.7 Å². The molecule has 0 radical (unpaired) electrons. The molecule has 182 valence electrons. The molecule has 9 nitrogen and oxygen atoms in total. The fourth-order valence-corrected chi connectivity index (χ4v) is 3.28. The molecule has 1 heterocycles. The highest BCUT2D eigenvalue weighted by molar-refractivity contribution is 5.85. The molecule has 2 aromatic rings. The molecule has 34 heavy (non-hydrogen) atoms. The Kier molecular flexibility index (Phi) is 6.99. The zero-order chi connectivity index (χ0) is 25.2. The van der Waals surface area contributed by atoms with Gasteiger partial charge in [0.1, 0.15) is 17.1 Å². The van der Waals surface area contributed by atoms with E-state index in [4.69, 9.17) is 14.2 Å². The van der Waals surface area contributed by atoms with Gasteiger partial charge in [0.2, 0.25) is 0 Å². The molecular formula is C24H28FN3O6. The van der Waals surface area contributed by atoms with Crippen LogP contribution in [0, 0.1) is 5.82 Å². The monoisotopic (exact) mass is 473 g/mol. The van der Waals surface area contributed by atoms with E-state index in [9.17, 15) is 14.4 Å². The molecule has 0 fully saturated rings. The number of benzene rings is 2. The van der Waals surface area contributed by atoms with E-state index in [-0.39, 0.29) is 29.3 Å². The van der Waals surface area contributed by atoms with Gasteiger partial charge in [-0.3, -0.25) is 10.2 Å². The third-order valence-corrected chi connectivity index (χ3v) is 4.96. The highest BCUT2D eigenvalue weighted by atomic mass is 19.1. The van der Waals surface area contributed by atoms with Crippen LogP contribution in [-0.2, 0) is 11.3 Å². The molecule has 0 spiro atoms. The van der Waals surface area contributed by atoms with Gasteiger partial charge in [-0.25, -0.2) is 18.8 Å². The zero-order valence-electron chi connectivity index (χ0n) is 20.0. The summed E-state index contributed by atoms with van der Waals surface area (Å²) in [5.74, 6) is -0.179. The van der Waals surface area contributed by atoms with Gasteiger partial charge < -0.3 is 19.1 Å².